The molecule has 166 valence electrons. The molecule has 2 aliphatic heterocycles. The molecule has 0 bridgehead atoms. The fraction of sp³-hybridized carbons (Fsp3) is 0.333. The number of carbonyl (C=O) groups excluding carboxylic acids is 2. The summed E-state index contributed by atoms with van der Waals surface area (Å²) < 4.78 is 5.39. The molecule has 1 fully saturated rings. The van der Waals surface area contributed by atoms with Gasteiger partial charge in [-0.05, 0) is 42.5 Å². The Labute approximate surface area is 186 Å². The molecule has 2 aromatic carbocycles. The van der Waals surface area contributed by atoms with Gasteiger partial charge in [-0.2, -0.15) is 0 Å². The first-order valence-corrected chi connectivity index (χ1v) is 10.6. The molecule has 32 heavy (non-hydrogen) atoms. The maximum absolute atomic E-state index is 13.5. The molecule has 8 heteroatoms. The number of methoxy groups -OCH3 is 1. The molecule has 0 spiro atoms. The highest BCUT2D eigenvalue weighted by molar-refractivity contribution is 6.35. The Kier molecular flexibility index (Phi) is 5.94. The van der Waals surface area contributed by atoms with E-state index >= 15 is 0 Å². The summed E-state index contributed by atoms with van der Waals surface area (Å²) in [5, 5.41) is 11.1. The zero-order valence-corrected chi connectivity index (χ0v) is 18.1. The van der Waals surface area contributed by atoms with E-state index in [4.69, 9.17) is 4.74 Å². The lowest BCUT2D eigenvalue weighted by molar-refractivity contribution is -0.384. The topological polar surface area (TPSA) is 93.0 Å². The van der Waals surface area contributed by atoms with Crippen LogP contribution in [0.4, 0.5) is 5.69 Å². The molecule has 4 rings (SSSR count). The van der Waals surface area contributed by atoms with Crippen molar-refractivity contribution in [3.63, 3.8) is 0 Å². The summed E-state index contributed by atoms with van der Waals surface area (Å²) in [5.74, 6) is 0.261. The highest BCUT2D eigenvalue weighted by Gasteiger charge is 2.42. The summed E-state index contributed by atoms with van der Waals surface area (Å²) in [6.07, 6.45) is 2.01. The van der Waals surface area contributed by atoms with Crippen molar-refractivity contribution in [3.8, 4) is 5.75 Å². The molecule has 1 saturated heterocycles. The molecule has 0 aromatic heterocycles. The van der Waals surface area contributed by atoms with E-state index in [9.17, 15) is 19.7 Å². The van der Waals surface area contributed by atoms with Crippen molar-refractivity contribution in [2.75, 3.05) is 20.2 Å². The number of benzene rings is 2. The van der Waals surface area contributed by atoms with Crippen LogP contribution in [0.1, 0.15) is 30.9 Å². The van der Waals surface area contributed by atoms with Crippen LogP contribution in [-0.4, -0.2) is 46.7 Å². The third-order valence-corrected chi connectivity index (χ3v) is 6.00. The van der Waals surface area contributed by atoms with Crippen LogP contribution < -0.4 is 4.74 Å². The van der Waals surface area contributed by atoms with Crippen LogP contribution in [-0.2, 0) is 16.1 Å². The number of non-ortho nitro benzene ring substituents is 1. The predicted molar refractivity (Wildman–Crippen MR) is 119 cm³/mol. The molecular formula is C24H25N3O5. The van der Waals surface area contributed by atoms with Crippen LogP contribution in [0.25, 0.3) is 5.57 Å². The summed E-state index contributed by atoms with van der Waals surface area (Å²) in [6.45, 7) is 3.60. The number of rotatable bonds is 6. The second-order valence-electron chi connectivity index (χ2n) is 8.23. The Balaban J connectivity index is 1.75. The Morgan fingerprint density at radius 2 is 1.81 bits per heavy atom. The highest BCUT2D eigenvalue weighted by Crippen LogP contribution is 2.36. The van der Waals surface area contributed by atoms with Gasteiger partial charge in [0, 0.05) is 30.8 Å². The van der Waals surface area contributed by atoms with Crippen molar-refractivity contribution in [2.24, 2.45) is 5.92 Å². The van der Waals surface area contributed by atoms with Gasteiger partial charge in [0.2, 0.25) is 0 Å². The number of hydrogen-bond acceptors (Lipinski definition) is 6. The van der Waals surface area contributed by atoms with Crippen LogP contribution in [0.5, 0.6) is 5.75 Å². The monoisotopic (exact) mass is 435 g/mol. The van der Waals surface area contributed by atoms with Gasteiger partial charge in [-0.15, -0.1) is 0 Å². The summed E-state index contributed by atoms with van der Waals surface area (Å²) in [7, 11) is 1.55. The van der Waals surface area contributed by atoms with E-state index in [1.165, 1.54) is 17.0 Å². The van der Waals surface area contributed by atoms with Gasteiger partial charge in [0.15, 0.2) is 0 Å². The van der Waals surface area contributed by atoms with Gasteiger partial charge in [0.25, 0.3) is 17.5 Å². The normalized spacial score (nSPS) is 19.0. The van der Waals surface area contributed by atoms with Crippen molar-refractivity contribution in [3.05, 3.63) is 75.5 Å². The molecule has 2 heterocycles. The van der Waals surface area contributed by atoms with Crippen LogP contribution in [0, 0.1) is 16.0 Å². The van der Waals surface area contributed by atoms with E-state index in [-0.39, 0.29) is 18.1 Å². The lowest BCUT2D eigenvalue weighted by atomic mass is 9.97. The lowest BCUT2D eigenvalue weighted by Gasteiger charge is -2.33. The van der Waals surface area contributed by atoms with Gasteiger partial charge < -0.3 is 9.64 Å². The van der Waals surface area contributed by atoms with E-state index in [2.05, 4.69) is 6.92 Å². The number of imide groups is 1. The first-order chi connectivity index (χ1) is 15.4. The zero-order valence-electron chi connectivity index (χ0n) is 18.1. The number of ether oxygens (including phenoxy) is 1. The minimum Gasteiger partial charge on any atom is -0.496 e. The number of para-hydroxylation sites is 1. The number of nitro groups is 1. The minimum atomic E-state index is -0.485. The molecule has 1 atom stereocenters. The number of nitro benzene ring substituents is 1. The zero-order chi connectivity index (χ0) is 22.8. The van der Waals surface area contributed by atoms with E-state index in [1.807, 2.05) is 23.1 Å². The molecule has 1 unspecified atom stereocenters. The van der Waals surface area contributed by atoms with Gasteiger partial charge in [-0.25, -0.2) is 0 Å². The van der Waals surface area contributed by atoms with Crippen LogP contribution in [0.15, 0.2) is 54.2 Å². The predicted octanol–water partition coefficient (Wildman–Crippen LogP) is 3.62. The second-order valence-corrected chi connectivity index (χ2v) is 8.23. The fourth-order valence-corrected chi connectivity index (χ4v) is 4.41. The maximum Gasteiger partial charge on any atom is 0.278 e. The van der Waals surface area contributed by atoms with E-state index in [0.29, 0.717) is 41.6 Å². The number of likely N-dealkylation sites (tertiary alicyclic amines) is 1. The van der Waals surface area contributed by atoms with E-state index in [1.54, 1.807) is 25.3 Å². The third-order valence-electron chi connectivity index (χ3n) is 6.00. The number of hydrogen-bond donors (Lipinski definition) is 0. The standard InChI is InChI=1S/C24H25N3O5/c1-16-6-5-13-25(14-16)22-21(17-9-11-19(12-10-17)27(30)31)23(28)26(24(22)29)15-18-7-3-4-8-20(18)32-2/h3-4,7-12,16H,5-6,13-15H2,1-2H3. The fourth-order valence-electron chi connectivity index (χ4n) is 4.41. The smallest absolute Gasteiger partial charge is 0.278 e. The summed E-state index contributed by atoms with van der Waals surface area (Å²) in [6, 6.07) is 13.1. The number of carbonyl (C=O) groups is 2. The maximum atomic E-state index is 13.5. The van der Waals surface area contributed by atoms with Crippen molar-refractivity contribution in [2.45, 2.75) is 26.3 Å². The molecule has 2 amide bonds. The quantitative estimate of drug-likeness (QED) is 0.391. The minimum absolute atomic E-state index is 0.0647. The first kappa shape index (κ1) is 21.5. The third kappa shape index (κ3) is 3.95. The first-order valence-electron chi connectivity index (χ1n) is 10.6. The largest absolute Gasteiger partial charge is 0.496 e. The number of amides is 2. The Morgan fingerprint density at radius 3 is 2.47 bits per heavy atom. The van der Waals surface area contributed by atoms with Crippen LogP contribution in [0.3, 0.4) is 0 Å². The Bertz CT molecular complexity index is 1090. The van der Waals surface area contributed by atoms with Crippen LogP contribution in [0.2, 0.25) is 0 Å². The van der Waals surface area contributed by atoms with Gasteiger partial charge in [-0.1, -0.05) is 25.1 Å². The Hall–Kier alpha value is -3.68. The van der Waals surface area contributed by atoms with Crippen molar-refractivity contribution >= 4 is 23.1 Å². The number of nitrogens with zero attached hydrogens (tertiary/aromatic N) is 3. The molecule has 0 saturated carbocycles. The van der Waals surface area contributed by atoms with Crippen molar-refractivity contribution in [1.29, 1.82) is 0 Å². The molecule has 2 aromatic rings. The molecule has 8 nitrogen and oxygen atoms in total. The van der Waals surface area contributed by atoms with E-state index < -0.39 is 10.8 Å². The summed E-state index contributed by atoms with van der Waals surface area (Å²) >= 11 is 0. The summed E-state index contributed by atoms with van der Waals surface area (Å²) in [5.41, 5.74) is 1.85. The van der Waals surface area contributed by atoms with Gasteiger partial charge in [0.1, 0.15) is 11.4 Å². The molecular weight excluding hydrogens is 410 g/mol. The van der Waals surface area contributed by atoms with Crippen LogP contribution >= 0.6 is 0 Å². The molecule has 0 radical (unpaired) electrons. The SMILES string of the molecule is COc1ccccc1CN1C(=O)C(c2ccc([N+](=O)[O-])cc2)=C(N2CCCC(C)C2)C1=O. The van der Waals surface area contributed by atoms with Gasteiger partial charge >= 0.3 is 0 Å². The molecule has 0 N–H and O–H groups in total. The number of piperidine rings is 1. The van der Waals surface area contributed by atoms with E-state index in [0.717, 1.165) is 18.4 Å². The average molecular weight is 435 g/mol. The van der Waals surface area contributed by atoms with Gasteiger partial charge in [0.05, 0.1) is 24.2 Å². The van der Waals surface area contributed by atoms with Gasteiger partial charge in [-0.3, -0.25) is 24.6 Å². The average Bonchev–Trinajstić information content (AvgIpc) is 3.04. The molecule has 2 aliphatic rings. The Morgan fingerprint density at radius 1 is 1.09 bits per heavy atom. The second kappa shape index (κ2) is 8.82. The van der Waals surface area contributed by atoms with Crippen molar-refractivity contribution < 1.29 is 19.2 Å². The lowest BCUT2D eigenvalue weighted by Crippen LogP contribution is -2.39. The van der Waals surface area contributed by atoms with Crippen molar-refractivity contribution in [1.82, 2.24) is 9.80 Å². The molecule has 0 aliphatic carbocycles. The summed E-state index contributed by atoms with van der Waals surface area (Å²) in [4.78, 5) is 40.9. The highest BCUT2D eigenvalue weighted by atomic mass is 16.6.